The average Bonchev–Trinajstić information content (AvgIpc) is 2.46. The maximum absolute atomic E-state index is 12.0. The van der Waals surface area contributed by atoms with Gasteiger partial charge in [-0.2, -0.15) is 0 Å². The van der Waals surface area contributed by atoms with E-state index in [-0.39, 0.29) is 18.3 Å². The highest BCUT2D eigenvalue weighted by atomic mass is 35.5. The topological polar surface area (TPSA) is 73.6 Å². The number of hydrogen-bond acceptors (Lipinski definition) is 4. The number of nitrogens with one attached hydrogen (secondary N) is 1. The van der Waals surface area contributed by atoms with Gasteiger partial charge in [0.05, 0.1) is 18.2 Å². The highest BCUT2D eigenvalue weighted by molar-refractivity contribution is 6.32. The van der Waals surface area contributed by atoms with Crippen LogP contribution in [0.4, 0.5) is 0 Å². The number of carbonyl (C=O) groups is 1. The van der Waals surface area contributed by atoms with E-state index >= 15 is 0 Å². The second-order valence-electron chi connectivity index (χ2n) is 4.46. The Balaban J connectivity index is 0.00000441. The molecule has 0 bridgehead atoms. The van der Waals surface area contributed by atoms with Crippen molar-refractivity contribution in [3.8, 4) is 11.5 Å². The third-order valence-electron chi connectivity index (χ3n) is 2.69. The molecule has 1 amide bonds. The van der Waals surface area contributed by atoms with Gasteiger partial charge in [0.1, 0.15) is 0 Å². The molecule has 0 unspecified atom stereocenters. The normalized spacial score (nSPS) is 9.82. The van der Waals surface area contributed by atoms with E-state index in [2.05, 4.69) is 5.32 Å². The fourth-order valence-corrected chi connectivity index (χ4v) is 1.98. The van der Waals surface area contributed by atoms with Gasteiger partial charge in [-0.05, 0) is 38.4 Å². The smallest absolute Gasteiger partial charge is 0.251 e. The molecule has 0 fully saturated rings. The molecule has 5 nitrogen and oxygen atoms in total. The van der Waals surface area contributed by atoms with Crippen LogP contribution in [0, 0.1) is 0 Å². The lowest BCUT2D eigenvalue weighted by atomic mass is 10.2. The van der Waals surface area contributed by atoms with Crippen molar-refractivity contribution >= 4 is 29.9 Å². The van der Waals surface area contributed by atoms with E-state index < -0.39 is 0 Å². The maximum atomic E-state index is 12.0. The van der Waals surface area contributed by atoms with Crippen LogP contribution < -0.4 is 20.5 Å². The van der Waals surface area contributed by atoms with E-state index in [0.717, 1.165) is 12.8 Å². The lowest BCUT2D eigenvalue weighted by molar-refractivity contribution is 0.0953. The fraction of sp³-hybridized carbons (Fsp3) is 0.533. The van der Waals surface area contributed by atoms with E-state index in [9.17, 15) is 4.79 Å². The number of hydrogen-bond donors (Lipinski definition) is 2. The van der Waals surface area contributed by atoms with Crippen LogP contribution in [0.5, 0.6) is 11.5 Å². The van der Waals surface area contributed by atoms with Gasteiger partial charge in [-0.3, -0.25) is 4.79 Å². The predicted octanol–water partition coefficient (Wildman–Crippen LogP) is 3.03. The summed E-state index contributed by atoms with van der Waals surface area (Å²) in [6.45, 7) is 5.96. The third-order valence-corrected chi connectivity index (χ3v) is 2.97. The molecule has 126 valence electrons. The molecule has 7 heteroatoms. The number of rotatable bonds is 9. The largest absolute Gasteiger partial charge is 0.490 e. The van der Waals surface area contributed by atoms with Gasteiger partial charge in [0.15, 0.2) is 11.5 Å². The minimum atomic E-state index is -0.201. The van der Waals surface area contributed by atoms with Crippen LogP contribution in [0.15, 0.2) is 12.1 Å². The van der Waals surface area contributed by atoms with Crippen molar-refractivity contribution in [1.29, 1.82) is 0 Å². The Kier molecular flexibility index (Phi) is 10.8. The zero-order valence-electron chi connectivity index (χ0n) is 13.0. The Morgan fingerprint density at radius 2 is 2.05 bits per heavy atom. The zero-order chi connectivity index (χ0) is 15.7. The molecule has 0 radical (unpaired) electrons. The predicted molar refractivity (Wildman–Crippen MR) is 91.7 cm³/mol. The molecule has 22 heavy (non-hydrogen) atoms. The number of amides is 1. The van der Waals surface area contributed by atoms with Crippen molar-refractivity contribution in [2.45, 2.75) is 26.7 Å². The second-order valence-corrected chi connectivity index (χ2v) is 4.87. The van der Waals surface area contributed by atoms with E-state index in [1.165, 1.54) is 0 Å². The van der Waals surface area contributed by atoms with Crippen molar-refractivity contribution in [2.24, 2.45) is 5.73 Å². The molecular weight excluding hydrogens is 327 g/mol. The molecule has 0 aromatic heterocycles. The van der Waals surface area contributed by atoms with Crippen LogP contribution in [0.3, 0.4) is 0 Å². The van der Waals surface area contributed by atoms with Crippen molar-refractivity contribution in [3.63, 3.8) is 0 Å². The summed E-state index contributed by atoms with van der Waals surface area (Å²) in [5.74, 6) is 0.773. The summed E-state index contributed by atoms with van der Waals surface area (Å²) in [6, 6.07) is 3.24. The average molecular weight is 351 g/mol. The van der Waals surface area contributed by atoms with E-state index in [4.69, 9.17) is 26.8 Å². The van der Waals surface area contributed by atoms with Gasteiger partial charge < -0.3 is 20.5 Å². The van der Waals surface area contributed by atoms with Crippen LogP contribution in [0.1, 0.15) is 37.0 Å². The van der Waals surface area contributed by atoms with Gasteiger partial charge in [-0.25, -0.2) is 0 Å². The van der Waals surface area contributed by atoms with Crippen LogP contribution in [-0.2, 0) is 0 Å². The summed E-state index contributed by atoms with van der Waals surface area (Å²) in [5, 5.41) is 3.16. The van der Waals surface area contributed by atoms with Gasteiger partial charge in [-0.15, -0.1) is 12.4 Å². The first-order chi connectivity index (χ1) is 10.1. The quantitative estimate of drug-likeness (QED) is 0.671. The summed E-state index contributed by atoms with van der Waals surface area (Å²) < 4.78 is 11.1. The second kappa shape index (κ2) is 11.4. The molecule has 1 aromatic rings. The summed E-state index contributed by atoms with van der Waals surface area (Å²) in [7, 11) is 0. The van der Waals surface area contributed by atoms with E-state index in [1.54, 1.807) is 12.1 Å². The Morgan fingerprint density at radius 3 is 2.64 bits per heavy atom. The van der Waals surface area contributed by atoms with Crippen LogP contribution in [0.2, 0.25) is 5.02 Å². The first-order valence-electron chi connectivity index (χ1n) is 7.21. The Morgan fingerprint density at radius 1 is 1.32 bits per heavy atom. The standard InChI is InChI=1S/C15H23ClN2O3.ClH/c1-3-8-21-14-12(16)9-11(10-13(14)20-4-2)15(19)18-7-5-6-17;/h9-10H,3-8,17H2,1-2H3,(H,18,19);1H. The van der Waals surface area contributed by atoms with Gasteiger partial charge in [0.2, 0.25) is 0 Å². The molecule has 1 aromatic carbocycles. The molecular formula is C15H24Cl2N2O3. The Bertz CT molecular complexity index is 470. The summed E-state index contributed by atoms with van der Waals surface area (Å²) >= 11 is 6.21. The molecule has 0 aliphatic heterocycles. The molecule has 1 rings (SSSR count). The van der Waals surface area contributed by atoms with E-state index in [1.807, 2.05) is 13.8 Å². The summed E-state index contributed by atoms with van der Waals surface area (Å²) in [6.07, 6.45) is 1.60. The fourth-order valence-electron chi connectivity index (χ4n) is 1.71. The van der Waals surface area contributed by atoms with Crippen molar-refractivity contribution in [3.05, 3.63) is 22.7 Å². The Labute approximate surface area is 142 Å². The Hall–Kier alpha value is -1.17. The third kappa shape index (κ3) is 6.30. The monoisotopic (exact) mass is 350 g/mol. The summed E-state index contributed by atoms with van der Waals surface area (Å²) in [4.78, 5) is 12.0. The molecule has 0 heterocycles. The highest BCUT2D eigenvalue weighted by Crippen LogP contribution is 2.36. The molecule has 0 saturated carbocycles. The molecule has 0 spiro atoms. The molecule has 0 atom stereocenters. The van der Waals surface area contributed by atoms with Crippen molar-refractivity contribution < 1.29 is 14.3 Å². The lowest BCUT2D eigenvalue weighted by Gasteiger charge is -2.15. The zero-order valence-corrected chi connectivity index (χ0v) is 14.6. The van der Waals surface area contributed by atoms with Crippen molar-refractivity contribution in [1.82, 2.24) is 5.32 Å². The molecule has 0 aliphatic carbocycles. The maximum Gasteiger partial charge on any atom is 0.251 e. The van der Waals surface area contributed by atoms with Crippen molar-refractivity contribution in [2.75, 3.05) is 26.3 Å². The number of nitrogens with two attached hydrogens (primary N) is 1. The lowest BCUT2D eigenvalue weighted by Crippen LogP contribution is -2.26. The van der Waals surface area contributed by atoms with Crippen LogP contribution in [-0.4, -0.2) is 32.2 Å². The first-order valence-corrected chi connectivity index (χ1v) is 7.59. The number of ether oxygens (including phenoxy) is 2. The van der Waals surface area contributed by atoms with Gasteiger partial charge >= 0.3 is 0 Å². The number of halogens is 2. The first kappa shape index (κ1) is 20.8. The molecule has 3 N–H and O–H groups in total. The minimum Gasteiger partial charge on any atom is -0.490 e. The van der Waals surface area contributed by atoms with Crippen LogP contribution >= 0.6 is 24.0 Å². The van der Waals surface area contributed by atoms with Gasteiger partial charge in [0, 0.05) is 12.1 Å². The highest BCUT2D eigenvalue weighted by Gasteiger charge is 2.16. The number of benzene rings is 1. The minimum absolute atomic E-state index is 0. The summed E-state index contributed by atoms with van der Waals surface area (Å²) in [5.41, 5.74) is 5.85. The number of carbonyl (C=O) groups excluding carboxylic acids is 1. The molecule has 0 aliphatic rings. The SMILES string of the molecule is CCCOc1c(Cl)cc(C(=O)NCCCN)cc1OCC.Cl. The van der Waals surface area contributed by atoms with Crippen LogP contribution in [0.25, 0.3) is 0 Å². The van der Waals surface area contributed by atoms with Gasteiger partial charge in [-0.1, -0.05) is 18.5 Å². The van der Waals surface area contributed by atoms with E-state index in [0.29, 0.717) is 48.4 Å². The van der Waals surface area contributed by atoms with Gasteiger partial charge in [0.25, 0.3) is 5.91 Å². The molecule has 0 saturated heterocycles.